The maximum Gasteiger partial charge on any atom is 0.257 e. The summed E-state index contributed by atoms with van der Waals surface area (Å²) in [5.41, 5.74) is 5.44. The standard InChI is InChI=1S/C21H26N4O4/c1-20(28)9-12-29-21(18(20)27)7-10-25(11-8-21)17(26)15-13-23-19(22)24-16(15)14-5-3-2-4-6-14/h2-6,13,18,27-28H,7-12H2,1H3,(H2,22,23,24)/t18-,20+/m0/s1. The van der Waals surface area contributed by atoms with Crippen molar-refractivity contribution in [1.29, 1.82) is 0 Å². The minimum absolute atomic E-state index is 0.110. The molecule has 1 aromatic carbocycles. The van der Waals surface area contributed by atoms with Gasteiger partial charge in [0.25, 0.3) is 5.91 Å². The Morgan fingerprint density at radius 1 is 1.24 bits per heavy atom. The number of benzene rings is 1. The molecule has 0 saturated carbocycles. The number of aliphatic hydroxyl groups is 2. The second kappa shape index (κ2) is 7.37. The molecule has 154 valence electrons. The van der Waals surface area contributed by atoms with E-state index in [2.05, 4.69) is 9.97 Å². The van der Waals surface area contributed by atoms with E-state index in [0.29, 0.717) is 50.2 Å². The highest BCUT2D eigenvalue weighted by Gasteiger charge is 2.53. The van der Waals surface area contributed by atoms with Gasteiger partial charge in [0.05, 0.1) is 23.5 Å². The summed E-state index contributed by atoms with van der Waals surface area (Å²) >= 11 is 0. The van der Waals surface area contributed by atoms with E-state index in [1.54, 1.807) is 11.8 Å². The normalized spacial score (nSPS) is 26.4. The van der Waals surface area contributed by atoms with Crippen LogP contribution in [-0.2, 0) is 4.74 Å². The van der Waals surface area contributed by atoms with Gasteiger partial charge < -0.3 is 25.6 Å². The molecule has 3 heterocycles. The Labute approximate surface area is 169 Å². The van der Waals surface area contributed by atoms with E-state index in [0.717, 1.165) is 5.56 Å². The third-order valence-corrected chi connectivity index (χ3v) is 6.07. The first-order valence-corrected chi connectivity index (χ1v) is 9.84. The van der Waals surface area contributed by atoms with E-state index >= 15 is 0 Å². The number of amides is 1. The number of rotatable bonds is 2. The lowest BCUT2D eigenvalue weighted by molar-refractivity contribution is -0.244. The first kappa shape index (κ1) is 19.8. The number of aliphatic hydroxyl groups excluding tert-OH is 1. The number of hydrogen-bond acceptors (Lipinski definition) is 7. The van der Waals surface area contributed by atoms with E-state index in [9.17, 15) is 15.0 Å². The lowest BCUT2D eigenvalue weighted by Gasteiger charge is -2.51. The first-order valence-electron chi connectivity index (χ1n) is 9.84. The number of hydrogen-bond donors (Lipinski definition) is 3. The fourth-order valence-corrected chi connectivity index (χ4v) is 4.29. The van der Waals surface area contributed by atoms with E-state index in [4.69, 9.17) is 10.5 Å². The number of ether oxygens (including phenoxy) is 1. The zero-order valence-corrected chi connectivity index (χ0v) is 16.4. The monoisotopic (exact) mass is 398 g/mol. The summed E-state index contributed by atoms with van der Waals surface area (Å²) in [5.74, 6) is -0.0743. The van der Waals surface area contributed by atoms with Gasteiger partial charge in [-0.1, -0.05) is 30.3 Å². The zero-order valence-electron chi connectivity index (χ0n) is 16.4. The summed E-state index contributed by atoms with van der Waals surface area (Å²) in [6.45, 7) is 2.84. The zero-order chi connectivity index (χ0) is 20.6. The van der Waals surface area contributed by atoms with Crippen LogP contribution in [0.3, 0.4) is 0 Å². The van der Waals surface area contributed by atoms with Crippen molar-refractivity contribution in [2.75, 3.05) is 25.4 Å². The number of carbonyl (C=O) groups excluding carboxylic acids is 1. The molecule has 2 aliphatic rings. The molecule has 1 amide bonds. The van der Waals surface area contributed by atoms with Crippen molar-refractivity contribution < 1.29 is 19.7 Å². The van der Waals surface area contributed by atoms with Crippen molar-refractivity contribution in [3.63, 3.8) is 0 Å². The highest BCUT2D eigenvalue weighted by molar-refractivity contribution is 5.99. The van der Waals surface area contributed by atoms with Gasteiger partial charge in [-0.2, -0.15) is 0 Å². The molecule has 4 N–H and O–H groups in total. The van der Waals surface area contributed by atoms with Crippen LogP contribution in [0.4, 0.5) is 5.95 Å². The number of nitrogens with two attached hydrogens (primary N) is 1. The molecule has 0 aliphatic carbocycles. The Hall–Kier alpha value is -2.55. The molecule has 0 bridgehead atoms. The number of likely N-dealkylation sites (tertiary alicyclic amines) is 1. The summed E-state index contributed by atoms with van der Waals surface area (Å²) in [6, 6.07) is 9.39. The predicted octanol–water partition coefficient (Wildman–Crippen LogP) is 1.23. The molecule has 2 fully saturated rings. The largest absolute Gasteiger partial charge is 0.387 e. The van der Waals surface area contributed by atoms with Crippen molar-refractivity contribution in [1.82, 2.24) is 14.9 Å². The van der Waals surface area contributed by atoms with Gasteiger partial charge in [0.2, 0.25) is 5.95 Å². The second-order valence-corrected chi connectivity index (χ2v) is 8.07. The summed E-state index contributed by atoms with van der Waals surface area (Å²) in [5, 5.41) is 21.1. The molecule has 0 radical (unpaired) electrons. The minimum Gasteiger partial charge on any atom is -0.387 e. The average molecular weight is 398 g/mol. The lowest BCUT2D eigenvalue weighted by atomic mass is 9.75. The van der Waals surface area contributed by atoms with Crippen molar-refractivity contribution in [2.24, 2.45) is 0 Å². The summed E-state index contributed by atoms with van der Waals surface area (Å²) in [7, 11) is 0. The molecule has 8 heteroatoms. The Morgan fingerprint density at radius 3 is 2.62 bits per heavy atom. The first-order chi connectivity index (χ1) is 13.8. The van der Waals surface area contributed by atoms with Gasteiger partial charge in [0.1, 0.15) is 11.7 Å². The fourth-order valence-electron chi connectivity index (χ4n) is 4.29. The van der Waals surface area contributed by atoms with E-state index in [1.807, 2.05) is 30.3 Å². The summed E-state index contributed by atoms with van der Waals surface area (Å²) in [6.07, 6.45) is 1.77. The summed E-state index contributed by atoms with van der Waals surface area (Å²) < 4.78 is 5.91. The molecule has 1 spiro atoms. The SMILES string of the molecule is C[C@@]1(O)CCOC2(CCN(C(=O)c3cnc(N)nc3-c3ccccc3)CC2)[C@H]1O. The van der Waals surface area contributed by atoms with Gasteiger partial charge in [-0.25, -0.2) is 9.97 Å². The van der Waals surface area contributed by atoms with Crippen LogP contribution in [0.5, 0.6) is 0 Å². The molecule has 2 aliphatic heterocycles. The second-order valence-electron chi connectivity index (χ2n) is 8.07. The van der Waals surface area contributed by atoms with Gasteiger partial charge in [-0.05, 0) is 19.8 Å². The number of nitrogen functional groups attached to an aromatic ring is 1. The lowest BCUT2D eigenvalue weighted by Crippen LogP contribution is -2.64. The van der Waals surface area contributed by atoms with Gasteiger partial charge in [-0.3, -0.25) is 4.79 Å². The highest BCUT2D eigenvalue weighted by Crippen LogP contribution is 2.40. The number of piperidine rings is 1. The van der Waals surface area contributed by atoms with Gasteiger partial charge in [0.15, 0.2) is 0 Å². The molecule has 2 aromatic rings. The van der Waals surface area contributed by atoms with Crippen LogP contribution in [0.25, 0.3) is 11.3 Å². The molecular formula is C21H26N4O4. The third-order valence-electron chi connectivity index (χ3n) is 6.07. The van der Waals surface area contributed by atoms with Crippen LogP contribution in [0.1, 0.15) is 36.5 Å². The topological polar surface area (TPSA) is 122 Å². The molecular weight excluding hydrogens is 372 g/mol. The van der Waals surface area contributed by atoms with Crippen molar-refractivity contribution in [2.45, 2.75) is 43.5 Å². The molecule has 29 heavy (non-hydrogen) atoms. The van der Waals surface area contributed by atoms with E-state index in [-0.39, 0.29) is 11.9 Å². The van der Waals surface area contributed by atoms with Crippen molar-refractivity contribution in [3.05, 3.63) is 42.1 Å². The van der Waals surface area contributed by atoms with Crippen LogP contribution in [-0.4, -0.2) is 68.0 Å². The molecule has 0 unspecified atom stereocenters. The van der Waals surface area contributed by atoms with Gasteiger partial charge in [-0.15, -0.1) is 0 Å². The average Bonchev–Trinajstić information content (AvgIpc) is 2.73. The Morgan fingerprint density at radius 2 is 1.93 bits per heavy atom. The maximum absolute atomic E-state index is 13.2. The Bertz CT molecular complexity index is 895. The van der Waals surface area contributed by atoms with E-state index < -0.39 is 17.3 Å². The fraction of sp³-hybridized carbons (Fsp3) is 0.476. The van der Waals surface area contributed by atoms with Gasteiger partial charge >= 0.3 is 0 Å². The predicted molar refractivity (Wildman–Crippen MR) is 107 cm³/mol. The van der Waals surface area contributed by atoms with Crippen LogP contribution >= 0.6 is 0 Å². The molecule has 2 saturated heterocycles. The molecule has 2 atom stereocenters. The van der Waals surface area contributed by atoms with Gasteiger partial charge in [0, 0.05) is 31.3 Å². The maximum atomic E-state index is 13.2. The highest BCUT2D eigenvalue weighted by atomic mass is 16.5. The molecule has 1 aromatic heterocycles. The summed E-state index contributed by atoms with van der Waals surface area (Å²) in [4.78, 5) is 23.3. The van der Waals surface area contributed by atoms with Crippen molar-refractivity contribution in [3.8, 4) is 11.3 Å². The number of aromatic nitrogens is 2. The minimum atomic E-state index is -1.18. The third kappa shape index (κ3) is 3.59. The molecule has 4 rings (SSSR count). The number of nitrogens with zero attached hydrogens (tertiary/aromatic N) is 3. The quantitative estimate of drug-likeness (QED) is 0.695. The van der Waals surface area contributed by atoms with Crippen LogP contribution in [0, 0.1) is 0 Å². The Balaban J connectivity index is 1.56. The Kier molecular flexibility index (Phi) is 5.02. The smallest absolute Gasteiger partial charge is 0.257 e. The molecule has 8 nitrogen and oxygen atoms in total. The van der Waals surface area contributed by atoms with Crippen LogP contribution < -0.4 is 5.73 Å². The van der Waals surface area contributed by atoms with Crippen LogP contribution in [0.2, 0.25) is 0 Å². The van der Waals surface area contributed by atoms with Crippen molar-refractivity contribution >= 4 is 11.9 Å². The van der Waals surface area contributed by atoms with E-state index in [1.165, 1.54) is 6.20 Å². The number of carbonyl (C=O) groups is 1. The van der Waals surface area contributed by atoms with Crippen LogP contribution in [0.15, 0.2) is 36.5 Å². The number of anilines is 1.